The number of halogens is 2. The minimum absolute atomic E-state index is 0.0396. The monoisotopic (exact) mass is 270 g/mol. The largest absolute Gasteiger partial charge is 0.459 e. The number of nitrogens with zero attached hydrogens (tertiary/aromatic N) is 2. The van der Waals surface area contributed by atoms with Crippen LogP contribution in [0.3, 0.4) is 0 Å². The molecular formula is C11H8ClFN2O3. The van der Waals surface area contributed by atoms with Crippen LogP contribution in [0.5, 0.6) is 0 Å². The molecule has 0 radical (unpaired) electrons. The fourth-order valence-electron chi connectivity index (χ4n) is 1.30. The van der Waals surface area contributed by atoms with Gasteiger partial charge in [0.25, 0.3) is 5.89 Å². The van der Waals surface area contributed by atoms with Crippen molar-refractivity contribution in [3.8, 4) is 11.5 Å². The van der Waals surface area contributed by atoms with Crippen molar-refractivity contribution in [2.24, 2.45) is 0 Å². The third kappa shape index (κ3) is 2.33. The minimum Gasteiger partial charge on any atom is -0.459 e. The summed E-state index contributed by atoms with van der Waals surface area (Å²) in [7, 11) is 0. The van der Waals surface area contributed by atoms with Crippen molar-refractivity contribution in [3.05, 3.63) is 34.9 Å². The van der Waals surface area contributed by atoms with E-state index in [1.54, 1.807) is 6.92 Å². The molecule has 0 N–H and O–H groups in total. The highest BCUT2D eigenvalue weighted by Gasteiger charge is 2.20. The molecule has 1 aromatic heterocycles. The van der Waals surface area contributed by atoms with Gasteiger partial charge in [0.05, 0.1) is 17.2 Å². The maximum atomic E-state index is 13.6. The van der Waals surface area contributed by atoms with Crippen LogP contribution in [0.2, 0.25) is 5.02 Å². The number of aromatic nitrogens is 2. The molecule has 0 unspecified atom stereocenters. The number of carbonyl (C=O) groups is 1. The minimum atomic E-state index is -0.760. The quantitative estimate of drug-likeness (QED) is 0.802. The first kappa shape index (κ1) is 12.5. The van der Waals surface area contributed by atoms with Crippen LogP contribution >= 0.6 is 11.6 Å². The first-order valence-electron chi connectivity index (χ1n) is 5.08. The summed E-state index contributed by atoms with van der Waals surface area (Å²) in [4.78, 5) is 11.3. The summed E-state index contributed by atoms with van der Waals surface area (Å²) in [6.45, 7) is 1.82. The maximum absolute atomic E-state index is 13.6. The van der Waals surface area contributed by atoms with Crippen LogP contribution < -0.4 is 0 Å². The molecule has 0 bridgehead atoms. The normalized spacial score (nSPS) is 10.4. The van der Waals surface area contributed by atoms with Crippen molar-refractivity contribution in [1.82, 2.24) is 10.2 Å². The maximum Gasteiger partial charge on any atom is 0.396 e. The molecule has 1 heterocycles. The van der Waals surface area contributed by atoms with E-state index in [2.05, 4.69) is 14.9 Å². The van der Waals surface area contributed by atoms with E-state index in [0.29, 0.717) is 0 Å². The van der Waals surface area contributed by atoms with Crippen molar-refractivity contribution in [3.63, 3.8) is 0 Å². The molecule has 18 heavy (non-hydrogen) atoms. The molecule has 0 saturated carbocycles. The fraction of sp³-hybridized carbons (Fsp3) is 0.182. The number of hydrogen-bond donors (Lipinski definition) is 0. The molecule has 94 valence electrons. The Morgan fingerprint density at radius 1 is 1.50 bits per heavy atom. The zero-order valence-corrected chi connectivity index (χ0v) is 10.1. The zero-order valence-electron chi connectivity index (χ0n) is 9.31. The predicted octanol–water partition coefficient (Wildman–Crippen LogP) is 2.71. The summed E-state index contributed by atoms with van der Waals surface area (Å²) in [6.07, 6.45) is 0. The van der Waals surface area contributed by atoms with Crippen molar-refractivity contribution in [1.29, 1.82) is 0 Å². The summed E-state index contributed by atoms with van der Waals surface area (Å²) in [5, 5.41) is 7.17. The van der Waals surface area contributed by atoms with Crippen LogP contribution in [0.4, 0.5) is 4.39 Å². The molecule has 0 atom stereocenters. The zero-order chi connectivity index (χ0) is 13.1. The number of esters is 1. The van der Waals surface area contributed by atoms with Gasteiger partial charge in [0, 0.05) is 0 Å². The van der Waals surface area contributed by atoms with Gasteiger partial charge >= 0.3 is 11.9 Å². The fourth-order valence-corrected chi connectivity index (χ4v) is 1.55. The van der Waals surface area contributed by atoms with Crippen molar-refractivity contribution < 1.29 is 18.3 Å². The molecule has 0 amide bonds. The van der Waals surface area contributed by atoms with E-state index in [9.17, 15) is 9.18 Å². The topological polar surface area (TPSA) is 65.2 Å². The predicted molar refractivity (Wildman–Crippen MR) is 60.7 cm³/mol. The molecular weight excluding hydrogens is 263 g/mol. The Bertz CT molecular complexity index is 565. The van der Waals surface area contributed by atoms with E-state index < -0.39 is 11.8 Å². The number of carbonyl (C=O) groups excluding carboxylic acids is 1. The van der Waals surface area contributed by atoms with Crippen LogP contribution in [0.15, 0.2) is 22.6 Å². The van der Waals surface area contributed by atoms with Crippen LogP contribution in [0.1, 0.15) is 17.6 Å². The van der Waals surface area contributed by atoms with Crippen molar-refractivity contribution in [2.75, 3.05) is 6.61 Å². The molecule has 0 aliphatic heterocycles. The Balaban J connectivity index is 2.38. The van der Waals surface area contributed by atoms with Crippen LogP contribution in [-0.2, 0) is 4.74 Å². The summed E-state index contributed by atoms with van der Waals surface area (Å²) in [6, 6.07) is 4.13. The van der Waals surface area contributed by atoms with E-state index in [-0.39, 0.29) is 29.0 Å². The van der Waals surface area contributed by atoms with Gasteiger partial charge in [-0.3, -0.25) is 0 Å². The lowest BCUT2D eigenvalue weighted by atomic mass is 10.2. The van der Waals surface area contributed by atoms with E-state index in [1.165, 1.54) is 18.2 Å². The van der Waals surface area contributed by atoms with Gasteiger partial charge in [-0.1, -0.05) is 17.7 Å². The van der Waals surface area contributed by atoms with Crippen molar-refractivity contribution >= 4 is 17.6 Å². The molecule has 1 aromatic carbocycles. The van der Waals surface area contributed by atoms with Crippen LogP contribution in [0, 0.1) is 5.82 Å². The van der Waals surface area contributed by atoms with E-state index in [1.807, 2.05) is 0 Å². The van der Waals surface area contributed by atoms with Gasteiger partial charge in [-0.25, -0.2) is 9.18 Å². The Kier molecular flexibility index (Phi) is 3.57. The van der Waals surface area contributed by atoms with Crippen molar-refractivity contribution in [2.45, 2.75) is 6.92 Å². The summed E-state index contributed by atoms with van der Waals surface area (Å²) in [5.41, 5.74) is -0.0396. The molecule has 0 aliphatic carbocycles. The SMILES string of the molecule is CCOC(=O)c1nnc(-c2c(F)cccc2Cl)o1. The van der Waals surface area contributed by atoms with Gasteiger partial charge in [-0.15, -0.1) is 10.2 Å². The smallest absolute Gasteiger partial charge is 0.396 e. The molecule has 0 fully saturated rings. The number of rotatable bonds is 3. The lowest BCUT2D eigenvalue weighted by Crippen LogP contribution is -2.04. The second kappa shape index (κ2) is 5.14. The molecule has 2 aromatic rings. The van der Waals surface area contributed by atoms with Gasteiger partial charge in [-0.05, 0) is 19.1 Å². The number of benzene rings is 1. The highest BCUT2D eigenvalue weighted by atomic mass is 35.5. The summed E-state index contributed by atoms with van der Waals surface area (Å²) < 4.78 is 23.3. The average molecular weight is 271 g/mol. The molecule has 5 nitrogen and oxygen atoms in total. The standard InChI is InChI=1S/C11H8ClFN2O3/c1-2-17-11(16)10-15-14-9(18-10)8-6(12)4-3-5-7(8)13/h3-5H,2H2,1H3. The van der Waals surface area contributed by atoms with E-state index in [4.69, 9.17) is 16.0 Å². The molecule has 0 spiro atoms. The molecule has 7 heteroatoms. The van der Waals surface area contributed by atoms with Gasteiger partial charge in [0.2, 0.25) is 0 Å². The summed E-state index contributed by atoms with van der Waals surface area (Å²) in [5.74, 6) is -1.88. The highest BCUT2D eigenvalue weighted by molar-refractivity contribution is 6.33. The third-order valence-electron chi connectivity index (χ3n) is 2.05. The Labute approximate surface area is 107 Å². The number of ether oxygens (including phenoxy) is 1. The van der Waals surface area contributed by atoms with Crippen LogP contribution in [0.25, 0.3) is 11.5 Å². The molecule has 0 aliphatic rings. The van der Waals surface area contributed by atoms with Gasteiger partial charge < -0.3 is 9.15 Å². The summed E-state index contributed by atoms with van der Waals surface area (Å²) >= 11 is 5.83. The second-order valence-electron chi connectivity index (χ2n) is 3.23. The lowest BCUT2D eigenvalue weighted by Gasteiger charge is -1.99. The lowest BCUT2D eigenvalue weighted by molar-refractivity contribution is 0.0481. The van der Waals surface area contributed by atoms with E-state index >= 15 is 0 Å². The van der Waals surface area contributed by atoms with Crippen LogP contribution in [-0.4, -0.2) is 22.8 Å². The Hall–Kier alpha value is -1.95. The van der Waals surface area contributed by atoms with Gasteiger partial charge in [0.1, 0.15) is 5.82 Å². The highest BCUT2D eigenvalue weighted by Crippen LogP contribution is 2.29. The Morgan fingerprint density at radius 3 is 2.94 bits per heavy atom. The Morgan fingerprint density at radius 2 is 2.28 bits per heavy atom. The second-order valence-corrected chi connectivity index (χ2v) is 3.64. The molecule has 2 rings (SSSR count). The van der Waals surface area contributed by atoms with Gasteiger partial charge in [0.15, 0.2) is 0 Å². The first-order valence-corrected chi connectivity index (χ1v) is 5.46. The third-order valence-corrected chi connectivity index (χ3v) is 2.37. The average Bonchev–Trinajstić information content (AvgIpc) is 2.78. The van der Waals surface area contributed by atoms with Gasteiger partial charge in [-0.2, -0.15) is 0 Å². The first-order chi connectivity index (χ1) is 8.63. The molecule has 0 saturated heterocycles. The van der Waals surface area contributed by atoms with E-state index in [0.717, 1.165) is 0 Å². The number of hydrogen-bond acceptors (Lipinski definition) is 5.